The molecule has 0 heterocycles. The minimum absolute atomic E-state index is 0.702. The average molecular weight is 210 g/mol. The Balaban J connectivity index is 2.66. The van der Waals surface area contributed by atoms with Crippen LogP contribution < -0.4 is 4.48 Å². The molecule has 0 N–H and O–H groups in total. The van der Waals surface area contributed by atoms with Crippen LogP contribution in [-0.2, 0) is 0 Å². The fourth-order valence-electron chi connectivity index (χ4n) is 2.05. The molecule has 0 aliphatic heterocycles. The summed E-state index contributed by atoms with van der Waals surface area (Å²) >= 11 is 0. The molecule has 0 saturated carbocycles. The van der Waals surface area contributed by atoms with Crippen molar-refractivity contribution in [3.05, 3.63) is 42.5 Å². The summed E-state index contributed by atoms with van der Waals surface area (Å²) in [7, 11) is 4.28. The van der Waals surface area contributed by atoms with Gasteiger partial charge < -0.3 is 0 Å². The maximum atomic E-state index is 5.43. The summed E-state index contributed by atoms with van der Waals surface area (Å²) in [4.78, 5) is 0. The van der Waals surface area contributed by atoms with E-state index in [0.29, 0.717) is 6.54 Å². The van der Waals surface area contributed by atoms with E-state index in [1.807, 2.05) is 0 Å². The van der Waals surface area contributed by atoms with Gasteiger partial charge in [0.2, 0.25) is 0 Å². The summed E-state index contributed by atoms with van der Waals surface area (Å²) in [5.74, 6) is 2.74. The van der Waals surface area contributed by atoms with Gasteiger partial charge in [0.25, 0.3) is 0 Å². The number of rotatable bonds is 2. The van der Waals surface area contributed by atoms with Gasteiger partial charge in [-0.15, -0.1) is 6.42 Å². The fraction of sp³-hybridized carbons (Fsp3) is 0.200. The Morgan fingerprint density at radius 1 is 1.06 bits per heavy atom. The van der Waals surface area contributed by atoms with Gasteiger partial charge in [0.15, 0.2) is 0 Å². The van der Waals surface area contributed by atoms with Crippen molar-refractivity contribution >= 4 is 16.5 Å². The van der Waals surface area contributed by atoms with Crippen molar-refractivity contribution < 1.29 is 0 Å². The van der Waals surface area contributed by atoms with Crippen LogP contribution in [0.5, 0.6) is 0 Å². The lowest BCUT2D eigenvalue weighted by Gasteiger charge is -2.28. The molecular formula is C15H16N+. The fourth-order valence-corrected chi connectivity index (χ4v) is 2.05. The second-order valence-corrected chi connectivity index (χ2v) is 4.55. The highest BCUT2D eigenvalue weighted by atomic mass is 15.3. The molecule has 2 aromatic rings. The number of terminal acetylenes is 1. The molecular weight excluding hydrogens is 194 g/mol. The zero-order valence-electron chi connectivity index (χ0n) is 9.77. The topological polar surface area (TPSA) is 0 Å². The summed E-state index contributed by atoms with van der Waals surface area (Å²) in [6, 6.07) is 14.8. The molecule has 1 heteroatoms. The quantitative estimate of drug-likeness (QED) is 0.528. The highest BCUT2D eigenvalue weighted by Crippen LogP contribution is 2.28. The molecule has 16 heavy (non-hydrogen) atoms. The van der Waals surface area contributed by atoms with Crippen LogP contribution in [-0.4, -0.2) is 20.6 Å². The molecule has 0 radical (unpaired) electrons. The SMILES string of the molecule is C#CC[N+](C)(C)c1cccc2ccccc12. The average Bonchev–Trinajstić information content (AvgIpc) is 2.28. The van der Waals surface area contributed by atoms with Gasteiger partial charge in [0.1, 0.15) is 12.2 Å². The predicted molar refractivity (Wildman–Crippen MR) is 71.3 cm³/mol. The minimum Gasteiger partial charge on any atom is -0.285 e. The molecule has 0 saturated heterocycles. The Kier molecular flexibility index (Phi) is 2.68. The Hall–Kier alpha value is -1.78. The van der Waals surface area contributed by atoms with E-state index in [1.165, 1.54) is 16.5 Å². The van der Waals surface area contributed by atoms with Crippen LogP contribution in [0, 0.1) is 12.3 Å². The number of hydrogen-bond acceptors (Lipinski definition) is 0. The van der Waals surface area contributed by atoms with Gasteiger partial charge in [-0.1, -0.05) is 30.3 Å². The van der Waals surface area contributed by atoms with E-state index in [1.54, 1.807) is 0 Å². The van der Waals surface area contributed by atoms with Crippen molar-refractivity contribution in [2.45, 2.75) is 0 Å². The van der Waals surface area contributed by atoms with Crippen LogP contribution in [0.2, 0.25) is 0 Å². The van der Waals surface area contributed by atoms with Gasteiger partial charge in [-0.2, -0.15) is 0 Å². The highest BCUT2D eigenvalue weighted by Gasteiger charge is 2.19. The van der Waals surface area contributed by atoms with Crippen LogP contribution in [0.15, 0.2) is 42.5 Å². The third-order valence-corrected chi connectivity index (χ3v) is 2.91. The van der Waals surface area contributed by atoms with E-state index in [9.17, 15) is 0 Å². The van der Waals surface area contributed by atoms with E-state index >= 15 is 0 Å². The van der Waals surface area contributed by atoms with E-state index < -0.39 is 0 Å². The second-order valence-electron chi connectivity index (χ2n) is 4.55. The van der Waals surface area contributed by atoms with Gasteiger partial charge in [0, 0.05) is 5.39 Å². The van der Waals surface area contributed by atoms with E-state index in [0.717, 1.165) is 4.48 Å². The number of hydrogen-bond donors (Lipinski definition) is 0. The van der Waals surface area contributed by atoms with Crippen molar-refractivity contribution in [1.29, 1.82) is 0 Å². The smallest absolute Gasteiger partial charge is 0.144 e. The van der Waals surface area contributed by atoms with Crippen molar-refractivity contribution in [2.24, 2.45) is 0 Å². The monoisotopic (exact) mass is 210 g/mol. The first-order valence-electron chi connectivity index (χ1n) is 5.40. The lowest BCUT2D eigenvalue weighted by Crippen LogP contribution is -2.40. The van der Waals surface area contributed by atoms with E-state index in [-0.39, 0.29) is 0 Å². The van der Waals surface area contributed by atoms with E-state index in [2.05, 4.69) is 62.5 Å². The van der Waals surface area contributed by atoms with Gasteiger partial charge >= 0.3 is 0 Å². The molecule has 0 atom stereocenters. The highest BCUT2D eigenvalue weighted by molar-refractivity contribution is 5.93. The number of quaternary nitrogens is 1. The van der Waals surface area contributed by atoms with Crippen molar-refractivity contribution in [3.8, 4) is 12.3 Å². The molecule has 0 aliphatic rings. The Morgan fingerprint density at radius 2 is 1.75 bits per heavy atom. The van der Waals surface area contributed by atoms with Gasteiger partial charge in [-0.05, 0) is 23.4 Å². The first-order valence-corrected chi connectivity index (χ1v) is 5.40. The Bertz CT molecular complexity index is 541. The number of fused-ring (bicyclic) bond motifs is 1. The molecule has 0 aliphatic carbocycles. The molecule has 2 aromatic carbocycles. The molecule has 0 spiro atoms. The molecule has 80 valence electrons. The Morgan fingerprint density at radius 3 is 2.50 bits per heavy atom. The zero-order valence-corrected chi connectivity index (χ0v) is 9.77. The van der Waals surface area contributed by atoms with Gasteiger partial charge in [-0.25, -0.2) is 0 Å². The van der Waals surface area contributed by atoms with Gasteiger partial charge in [-0.3, -0.25) is 4.48 Å². The number of benzene rings is 2. The lowest BCUT2D eigenvalue weighted by molar-refractivity contribution is 0.452. The van der Waals surface area contributed by atoms with Crippen LogP contribution >= 0.6 is 0 Å². The third kappa shape index (κ3) is 1.80. The molecule has 0 fully saturated rings. The van der Waals surface area contributed by atoms with E-state index in [4.69, 9.17) is 6.42 Å². The number of nitrogens with zero attached hydrogens (tertiary/aromatic N) is 1. The largest absolute Gasteiger partial charge is 0.285 e. The summed E-state index contributed by atoms with van der Waals surface area (Å²) in [6.07, 6.45) is 5.43. The summed E-state index contributed by atoms with van der Waals surface area (Å²) in [5, 5.41) is 2.55. The standard InChI is InChI=1S/C15H16N/c1-4-12-16(2,3)15-11-7-9-13-8-5-6-10-14(13)15/h1,5-11H,12H2,2-3H3/q+1. The summed E-state index contributed by atoms with van der Waals surface area (Å²) < 4.78 is 0.720. The van der Waals surface area contributed by atoms with Crippen molar-refractivity contribution in [3.63, 3.8) is 0 Å². The molecule has 2 rings (SSSR count). The Labute approximate surface area is 96.9 Å². The summed E-state index contributed by atoms with van der Waals surface area (Å²) in [6.45, 7) is 0.702. The first kappa shape index (κ1) is 10.7. The molecule has 0 bridgehead atoms. The normalized spacial score (nSPS) is 11.3. The minimum atomic E-state index is 0.702. The summed E-state index contributed by atoms with van der Waals surface area (Å²) in [5.41, 5.74) is 1.27. The lowest BCUT2D eigenvalue weighted by atomic mass is 10.1. The van der Waals surface area contributed by atoms with Gasteiger partial charge in [0.05, 0.1) is 14.1 Å². The van der Waals surface area contributed by atoms with Crippen molar-refractivity contribution in [1.82, 2.24) is 4.48 Å². The first-order chi connectivity index (χ1) is 7.65. The molecule has 0 unspecified atom stereocenters. The second kappa shape index (κ2) is 4.00. The molecule has 0 amide bonds. The van der Waals surface area contributed by atoms with Crippen LogP contribution in [0.1, 0.15) is 0 Å². The van der Waals surface area contributed by atoms with Crippen LogP contribution in [0.25, 0.3) is 10.8 Å². The molecule has 1 nitrogen and oxygen atoms in total. The zero-order chi connectivity index (χ0) is 11.6. The maximum absolute atomic E-state index is 5.43. The van der Waals surface area contributed by atoms with Crippen LogP contribution in [0.3, 0.4) is 0 Å². The van der Waals surface area contributed by atoms with Crippen LogP contribution in [0.4, 0.5) is 5.69 Å². The third-order valence-electron chi connectivity index (χ3n) is 2.91. The predicted octanol–water partition coefficient (Wildman–Crippen LogP) is 3.04. The van der Waals surface area contributed by atoms with Crippen molar-refractivity contribution in [2.75, 3.05) is 20.6 Å². The molecule has 0 aromatic heterocycles. The maximum Gasteiger partial charge on any atom is 0.144 e.